The fourth-order valence-corrected chi connectivity index (χ4v) is 2.59. The third-order valence-corrected chi connectivity index (χ3v) is 3.97. The Balaban J connectivity index is 1.75. The van der Waals surface area contributed by atoms with Crippen molar-refractivity contribution in [3.8, 4) is 5.75 Å². The second kappa shape index (κ2) is 5.46. The number of hydrogen-bond acceptors (Lipinski definition) is 3. The molecule has 1 aromatic carbocycles. The average molecular weight is 293 g/mol. The minimum atomic E-state index is -0.0991. The Bertz CT molecular complexity index is 567. The fraction of sp³-hybridized carbons (Fsp3) is 0.400. The van der Waals surface area contributed by atoms with Gasteiger partial charge in [-0.15, -0.1) is 0 Å². The normalized spacial score (nSPS) is 18.6. The van der Waals surface area contributed by atoms with E-state index in [0.717, 1.165) is 24.2 Å². The molecule has 0 radical (unpaired) electrons. The van der Waals surface area contributed by atoms with Crippen LogP contribution in [-0.2, 0) is 4.79 Å². The second-order valence-corrected chi connectivity index (χ2v) is 5.73. The summed E-state index contributed by atoms with van der Waals surface area (Å²) in [5.74, 6) is 1.19. The molecule has 5 heteroatoms. The lowest BCUT2D eigenvalue weighted by atomic mass is 10.1. The SMILES string of the molecule is NCC(NC(=O)C1=Cc2cc(Cl)ccc2OC1)C1CC1. The van der Waals surface area contributed by atoms with Gasteiger partial charge in [-0.25, -0.2) is 0 Å². The van der Waals surface area contributed by atoms with Crippen LogP contribution in [0.3, 0.4) is 0 Å². The second-order valence-electron chi connectivity index (χ2n) is 5.29. The molecule has 0 spiro atoms. The Labute approximate surface area is 122 Å². The highest BCUT2D eigenvalue weighted by molar-refractivity contribution is 6.30. The quantitative estimate of drug-likeness (QED) is 0.892. The molecule has 4 nitrogen and oxygen atoms in total. The zero-order valence-corrected chi connectivity index (χ0v) is 11.8. The first kappa shape index (κ1) is 13.5. The van der Waals surface area contributed by atoms with E-state index < -0.39 is 0 Å². The van der Waals surface area contributed by atoms with E-state index in [1.165, 1.54) is 0 Å². The number of nitrogens with two attached hydrogens (primary N) is 1. The molecule has 1 saturated carbocycles. The molecule has 106 valence electrons. The van der Waals surface area contributed by atoms with E-state index in [9.17, 15) is 4.79 Å². The number of amides is 1. The van der Waals surface area contributed by atoms with Gasteiger partial charge in [-0.3, -0.25) is 4.79 Å². The van der Waals surface area contributed by atoms with Crippen LogP contribution in [0, 0.1) is 5.92 Å². The number of benzene rings is 1. The van der Waals surface area contributed by atoms with Crippen LogP contribution in [0.5, 0.6) is 5.75 Å². The number of nitrogens with one attached hydrogen (secondary N) is 1. The van der Waals surface area contributed by atoms with Gasteiger partial charge in [-0.2, -0.15) is 0 Å². The van der Waals surface area contributed by atoms with Gasteiger partial charge in [0.1, 0.15) is 12.4 Å². The molecule has 1 amide bonds. The molecule has 3 N–H and O–H groups in total. The van der Waals surface area contributed by atoms with E-state index in [1.807, 2.05) is 12.1 Å². The van der Waals surface area contributed by atoms with E-state index >= 15 is 0 Å². The molecule has 1 aliphatic carbocycles. The van der Waals surface area contributed by atoms with Crippen molar-refractivity contribution in [3.63, 3.8) is 0 Å². The van der Waals surface area contributed by atoms with Gasteiger partial charge in [0, 0.05) is 23.2 Å². The van der Waals surface area contributed by atoms with E-state index in [1.54, 1.807) is 12.1 Å². The van der Waals surface area contributed by atoms with Gasteiger partial charge in [-0.1, -0.05) is 11.6 Å². The number of rotatable bonds is 4. The van der Waals surface area contributed by atoms with Crippen molar-refractivity contribution in [2.24, 2.45) is 11.7 Å². The smallest absolute Gasteiger partial charge is 0.250 e. The molecule has 1 heterocycles. The Morgan fingerprint density at radius 3 is 3.00 bits per heavy atom. The van der Waals surface area contributed by atoms with Gasteiger partial charge in [0.15, 0.2) is 0 Å². The number of carbonyl (C=O) groups is 1. The number of fused-ring (bicyclic) bond motifs is 1. The van der Waals surface area contributed by atoms with E-state index in [-0.39, 0.29) is 18.6 Å². The van der Waals surface area contributed by atoms with Crippen LogP contribution >= 0.6 is 11.6 Å². The average Bonchev–Trinajstić information content (AvgIpc) is 3.28. The fourth-order valence-electron chi connectivity index (χ4n) is 2.41. The first-order chi connectivity index (χ1) is 9.67. The summed E-state index contributed by atoms with van der Waals surface area (Å²) in [6.45, 7) is 0.759. The number of ether oxygens (including phenoxy) is 1. The van der Waals surface area contributed by atoms with Crippen LogP contribution in [-0.4, -0.2) is 25.1 Å². The Morgan fingerprint density at radius 2 is 2.30 bits per heavy atom. The van der Waals surface area contributed by atoms with Crippen LogP contribution in [0.15, 0.2) is 23.8 Å². The van der Waals surface area contributed by atoms with Crippen LogP contribution < -0.4 is 15.8 Å². The van der Waals surface area contributed by atoms with Crippen molar-refractivity contribution in [1.82, 2.24) is 5.32 Å². The molecule has 2 aliphatic rings. The minimum Gasteiger partial charge on any atom is -0.488 e. The maximum absolute atomic E-state index is 12.2. The third-order valence-electron chi connectivity index (χ3n) is 3.74. The summed E-state index contributed by atoms with van der Waals surface area (Å²) in [4.78, 5) is 12.2. The van der Waals surface area contributed by atoms with Crippen molar-refractivity contribution in [2.75, 3.05) is 13.2 Å². The lowest BCUT2D eigenvalue weighted by molar-refractivity contribution is -0.118. The highest BCUT2D eigenvalue weighted by atomic mass is 35.5. The van der Waals surface area contributed by atoms with Gasteiger partial charge in [0.05, 0.1) is 5.57 Å². The lowest BCUT2D eigenvalue weighted by Crippen LogP contribution is -2.43. The molecule has 1 aromatic rings. The standard InChI is InChI=1S/C15H17ClN2O2/c16-12-3-4-14-10(6-12)5-11(8-20-14)15(19)18-13(7-17)9-1-2-9/h3-6,9,13H,1-2,7-8,17H2,(H,18,19). The first-order valence-electron chi connectivity index (χ1n) is 6.81. The molecule has 20 heavy (non-hydrogen) atoms. The van der Waals surface area contributed by atoms with Crippen LogP contribution in [0.1, 0.15) is 18.4 Å². The Hall–Kier alpha value is -1.52. The van der Waals surface area contributed by atoms with Gasteiger partial charge in [0.2, 0.25) is 0 Å². The summed E-state index contributed by atoms with van der Waals surface area (Å²) in [5, 5.41) is 3.63. The van der Waals surface area contributed by atoms with Gasteiger partial charge < -0.3 is 15.8 Å². The van der Waals surface area contributed by atoms with Crippen molar-refractivity contribution < 1.29 is 9.53 Å². The van der Waals surface area contributed by atoms with E-state index in [0.29, 0.717) is 23.1 Å². The molecule has 0 aromatic heterocycles. The van der Waals surface area contributed by atoms with Gasteiger partial charge >= 0.3 is 0 Å². The van der Waals surface area contributed by atoms with Crippen molar-refractivity contribution in [2.45, 2.75) is 18.9 Å². The molecule has 1 aliphatic heterocycles. The van der Waals surface area contributed by atoms with E-state index in [2.05, 4.69) is 5.32 Å². The third kappa shape index (κ3) is 2.81. The first-order valence-corrected chi connectivity index (χ1v) is 7.19. The summed E-state index contributed by atoms with van der Waals surface area (Å²) in [6, 6.07) is 5.46. The largest absolute Gasteiger partial charge is 0.488 e. The molecular formula is C15H17ClN2O2. The summed E-state index contributed by atoms with van der Waals surface area (Å²) < 4.78 is 5.58. The maximum atomic E-state index is 12.2. The highest BCUT2D eigenvalue weighted by Crippen LogP contribution is 2.33. The Kier molecular flexibility index (Phi) is 3.68. The predicted octanol–water partition coefficient (Wildman–Crippen LogP) is 1.97. The monoisotopic (exact) mass is 292 g/mol. The lowest BCUT2D eigenvalue weighted by Gasteiger charge is -2.21. The summed E-state index contributed by atoms with van der Waals surface area (Å²) in [7, 11) is 0. The van der Waals surface area contributed by atoms with Crippen LogP contribution in [0.2, 0.25) is 5.02 Å². The number of carbonyl (C=O) groups excluding carboxylic acids is 1. The van der Waals surface area contributed by atoms with Crippen LogP contribution in [0.25, 0.3) is 6.08 Å². The molecule has 1 atom stereocenters. The molecule has 3 rings (SSSR count). The molecule has 1 fully saturated rings. The Morgan fingerprint density at radius 1 is 1.50 bits per heavy atom. The van der Waals surface area contributed by atoms with Gasteiger partial charge in [-0.05, 0) is 43.0 Å². The van der Waals surface area contributed by atoms with E-state index in [4.69, 9.17) is 22.1 Å². The highest BCUT2D eigenvalue weighted by Gasteiger charge is 2.32. The van der Waals surface area contributed by atoms with Crippen molar-refractivity contribution in [3.05, 3.63) is 34.4 Å². The van der Waals surface area contributed by atoms with Crippen LogP contribution in [0.4, 0.5) is 0 Å². The zero-order chi connectivity index (χ0) is 14.1. The zero-order valence-electron chi connectivity index (χ0n) is 11.1. The maximum Gasteiger partial charge on any atom is 0.250 e. The number of halogens is 1. The molecule has 0 bridgehead atoms. The minimum absolute atomic E-state index is 0.0733. The predicted molar refractivity (Wildman–Crippen MR) is 78.6 cm³/mol. The summed E-state index contributed by atoms with van der Waals surface area (Å²) in [6.07, 6.45) is 4.13. The van der Waals surface area contributed by atoms with Crippen molar-refractivity contribution in [1.29, 1.82) is 0 Å². The summed E-state index contributed by atoms with van der Waals surface area (Å²) in [5.41, 5.74) is 7.15. The van der Waals surface area contributed by atoms with Crippen molar-refractivity contribution >= 4 is 23.6 Å². The topological polar surface area (TPSA) is 64.3 Å². The molecular weight excluding hydrogens is 276 g/mol. The number of hydrogen-bond donors (Lipinski definition) is 2. The van der Waals surface area contributed by atoms with Gasteiger partial charge in [0.25, 0.3) is 5.91 Å². The molecule has 0 saturated heterocycles. The molecule has 1 unspecified atom stereocenters. The summed E-state index contributed by atoms with van der Waals surface area (Å²) >= 11 is 5.96.